The summed E-state index contributed by atoms with van der Waals surface area (Å²) in [5.74, 6) is -0.659. The molecular weight excluding hydrogens is 228 g/mol. The number of rotatable bonds is 4. The van der Waals surface area contributed by atoms with Gasteiger partial charge in [0, 0.05) is 0 Å². The number of hydrogen-bond acceptors (Lipinski definition) is 5. The average molecular weight is 248 g/mol. The van der Waals surface area contributed by atoms with Crippen molar-refractivity contribution in [2.75, 3.05) is 7.11 Å². The molecule has 0 aliphatic carbocycles. The molecule has 0 aromatic carbocycles. The minimum absolute atomic E-state index is 0.659. The third-order valence-electron chi connectivity index (χ3n) is 1.64. The number of carbonyl (C=O) groups excluding carboxylic acids is 2. The Morgan fingerprint density at radius 3 is 2.18 bits per heavy atom. The fraction of sp³-hybridized carbons (Fsp3) is 0.800. The van der Waals surface area contributed by atoms with E-state index in [9.17, 15) is 14.7 Å². The van der Waals surface area contributed by atoms with Crippen LogP contribution in [0.2, 0.25) is 0 Å². The molecule has 0 aromatic heterocycles. The summed E-state index contributed by atoms with van der Waals surface area (Å²) in [4.78, 5) is 27.3. The summed E-state index contributed by atoms with van der Waals surface area (Å²) < 4.78 is 4.96. The van der Waals surface area contributed by atoms with Crippen LogP contribution < -0.4 is 10.8 Å². The van der Waals surface area contributed by atoms with E-state index in [4.69, 9.17) is 4.74 Å². The molecule has 0 rings (SSSR count). The molecule has 0 saturated heterocycles. The average Bonchev–Trinajstić information content (AvgIpc) is 2.11. The first kappa shape index (κ1) is 15.7. The van der Waals surface area contributed by atoms with E-state index in [1.807, 2.05) is 5.48 Å². The number of ether oxygens (including phenoxy) is 1. The summed E-state index contributed by atoms with van der Waals surface area (Å²) in [6.45, 7) is 6.45. The molecule has 0 heterocycles. The van der Waals surface area contributed by atoms with Crippen LogP contribution >= 0.6 is 0 Å². The first-order chi connectivity index (χ1) is 7.67. The summed E-state index contributed by atoms with van der Waals surface area (Å²) in [5, 5.41) is 11.6. The normalized spacial score (nSPS) is 14.7. The molecule has 0 aliphatic rings. The van der Waals surface area contributed by atoms with Crippen molar-refractivity contribution in [1.29, 1.82) is 0 Å². The topological polar surface area (TPSA) is 96.9 Å². The molecule has 0 unspecified atom stereocenters. The fourth-order valence-electron chi connectivity index (χ4n) is 1.00. The van der Waals surface area contributed by atoms with Crippen LogP contribution in [0.15, 0.2) is 0 Å². The zero-order chi connectivity index (χ0) is 13.6. The van der Waals surface area contributed by atoms with Gasteiger partial charge in [0.05, 0.1) is 13.2 Å². The fourth-order valence-corrected chi connectivity index (χ4v) is 1.00. The van der Waals surface area contributed by atoms with Crippen LogP contribution in [-0.4, -0.2) is 42.0 Å². The molecule has 7 nitrogen and oxygen atoms in total. The minimum Gasteiger partial charge on any atom is -0.444 e. The van der Waals surface area contributed by atoms with Gasteiger partial charge in [-0.3, -0.25) is 9.63 Å². The zero-order valence-electron chi connectivity index (χ0n) is 10.7. The lowest BCUT2D eigenvalue weighted by atomic mass is 10.2. The molecule has 7 heteroatoms. The van der Waals surface area contributed by atoms with Crippen molar-refractivity contribution in [2.24, 2.45) is 0 Å². The van der Waals surface area contributed by atoms with E-state index >= 15 is 0 Å². The SMILES string of the molecule is CONC(=O)[C@@H](NC(=O)OC(C)(C)C)[C@H](C)O. The lowest BCUT2D eigenvalue weighted by Gasteiger charge is -2.24. The number of nitrogens with one attached hydrogen (secondary N) is 2. The molecule has 17 heavy (non-hydrogen) atoms. The summed E-state index contributed by atoms with van der Waals surface area (Å²) in [6, 6.07) is -1.13. The van der Waals surface area contributed by atoms with Gasteiger partial charge in [-0.05, 0) is 27.7 Å². The monoisotopic (exact) mass is 248 g/mol. The van der Waals surface area contributed by atoms with Crippen LogP contribution in [0.3, 0.4) is 0 Å². The van der Waals surface area contributed by atoms with Gasteiger partial charge in [0.15, 0.2) is 0 Å². The van der Waals surface area contributed by atoms with E-state index in [0.29, 0.717) is 0 Å². The number of alkyl carbamates (subject to hydrolysis) is 1. The standard InChI is InChI=1S/C10H20N2O5/c1-6(13)7(8(14)12-16-5)11-9(15)17-10(2,3)4/h6-7,13H,1-5H3,(H,11,15)(H,12,14)/t6-,7-/m0/s1. The molecule has 0 radical (unpaired) electrons. The van der Waals surface area contributed by atoms with Gasteiger partial charge in [0.25, 0.3) is 5.91 Å². The summed E-state index contributed by atoms with van der Waals surface area (Å²) in [6.07, 6.45) is -1.85. The molecule has 100 valence electrons. The summed E-state index contributed by atoms with van der Waals surface area (Å²) >= 11 is 0. The van der Waals surface area contributed by atoms with Crippen LogP contribution in [0.5, 0.6) is 0 Å². The van der Waals surface area contributed by atoms with Gasteiger partial charge in [-0.15, -0.1) is 0 Å². The highest BCUT2D eigenvalue weighted by molar-refractivity contribution is 5.85. The molecule has 2 amide bonds. The van der Waals surface area contributed by atoms with Crippen LogP contribution in [0.1, 0.15) is 27.7 Å². The number of aliphatic hydroxyl groups excluding tert-OH is 1. The Labute approximate surface area is 100 Å². The van der Waals surface area contributed by atoms with Crippen LogP contribution in [0.4, 0.5) is 4.79 Å². The maximum absolute atomic E-state index is 11.4. The highest BCUT2D eigenvalue weighted by Gasteiger charge is 2.27. The Morgan fingerprint density at radius 1 is 1.29 bits per heavy atom. The van der Waals surface area contributed by atoms with Gasteiger partial charge in [-0.25, -0.2) is 10.3 Å². The quantitative estimate of drug-likeness (QED) is 0.605. The number of carbonyl (C=O) groups is 2. The number of aliphatic hydroxyl groups is 1. The second-order valence-electron chi connectivity index (χ2n) is 4.53. The molecule has 0 bridgehead atoms. The molecule has 0 aromatic rings. The highest BCUT2D eigenvalue weighted by atomic mass is 16.6. The van der Waals surface area contributed by atoms with Crippen LogP contribution in [0, 0.1) is 0 Å². The summed E-state index contributed by atoms with van der Waals surface area (Å²) in [5.41, 5.74) is 1.35. The van der Waals surface area contributed by atoms with Crippen molar-refractivity contribution in [3.63, 3.8) is 0 Å². The lowest BCUT2D eigenvalue weighted by Crippen LogP contribution is -2.53. The van der Waals surface area contributed by atoms with Crippen molar-refractivity contribution in [3.05, 3.63) is 0 Å². The van der Waals surface area contributed by atoms with Crippen molar-refractivity contribution in [1.82, 2.24) is 10.8 Å². The summed E-state index contributed by atoms with van der Waals surface area (Å²) in [7, 11) is 1.25. The predicted molar refractivity (Wildman–Crippen MR) is 60.0 cm³/mol. The molecule has 3 N–H and O–H groups in total. The van der Waals surface area contributed by atoms with Gasteiger partial charge in [0.2, 0.25) is 0 Å². The minimum atomic E-state index is -1.13. The van der Waals surface area contributed by atoms with Gasteiger partial charge in [-0.2, -0.15) is 0 Å². The largest absolute Gasteiger partial charge is 0.444 e. The van der Waals surface area contributed by atoms with E-state index < -0.39 is 29.7 Å². The maximum Gasteiger partial charge on any atom is 0.408 e. The van der Waals surface area contributed by atoms with Gasteiger partial charge in [0.1, 0.15) is 11.6 Å². The molecular formula is C10H20N2O5. The highest BCUT2D eigenvalue weighted by Crippen LogP contribution is 2.07. The molecule has 0 aliphatic heterocycles. The number of amides is 2. The number of hydroxylamine groups is 1. The first-order valence-corrected chi connectivity index (χ1v) is 5.18. The Hall–Kier alpha value is -1.34. The van der Waals surface area contributed by atoms with Crippen LogP contribution in [-0.2, 0) is 14.4 Å². The van der Waals surface area contributed by atoms with Gasteiger partial charge < -0.3 is 15.2 Å². The van der Waals surface area contributed by atoms with Crippen molar-refractivity contribution < 1.29 is 24.3 Å². The van der Waals surface area contributed by atoms with E-state index in [2.05, 4.69) is 10.2 Å². The Kier molecular flexibility index (Phi) is 5.90. The number of hydrogen-bond donors (Lipinski definition) is 3. The third kappa shape index (κ3) is 6.75. The third-order valence-corrected chi connectivity index (χ3v) is 1.64. The van der Waals surface area contributed by atoms with Crippen molar-refractivity contribution >= 4 is 12.0 Å². The van der Waals surface area contributed by atoms with Crippen molar-refractivity contribution in [3.8, 4) is 0 Å². The second-order valence-corrected chi connectivity index (χ2v) is 4.53. The maximum atomic E-state index is 11.4. The lowest BCUT2D eigenvalue weighted by molar-refractivity contribution is -0.136. The Balaban J connectivity index is 4.46. The zero-order valence-corrected chi connectivity index (χ0v) is 10.7. The molecule has 2 atom stereocenters. The van der Waals surface area contributed by atoms with E-state index in [1.54, 1.807) is 20.8 Å². The predicted octanol–water partition coefficient (Wildman–Crippen LogP) is -0.0619. The first-order valence-electron chi connectivity index (χ1n) is 5.18. The molecule has 0 fully saturated rings. The van der Waals surface area contributed by atoms with E-state index in [1.165, 1.54) is 14.0 Å². The molecule has 0 saturated carbocycles. The Bertz CT molecular complexity index is 272. The van der Waals surface area contributed by atoms with Crippen molar-refractivity contribution in [2.45, 2.75) is 45.4 Å². The van der Waals surface area contributed by atoms with E-state index in [0.717, 1.165) is 0 Å². The smallest absolute Gasteiger partial charge is 0.408 e. The van der Waals surface area contributed by atoms with Gasteiger partial charge in [-0.1, -0.05) is 0 Å². The van der Waals surface area contributed by atoms with Gasteiger partial charge >= 0.3 is 6.09 Å². The Morgan fingerprint density at radius 2 is 1.82 bits per heavy atom. The molecule has 0 spiro atoms. The second kappa shape index (κ2) is 6.41. The van der Waals surface area contributed by atoms with Crippen LogP contribution in [0.25, 0.3) is 0 Å². The van der Waals surface area contributed by atoms with E-state index in [-0.39, 0.29) is 0 Å².